The number of Topliss-reactive ketones (excluding diaryl/α,β-unsaturated/α-hetero) is 1. The molecular weight excluding hydrogens is 280 g/mol. The van der Waals surface area contributed by atoms with Crippen molar-refractivity contribution in [2.75, 3.05) is 13.2 Å². The number of para-hydroxylation sites is 1. The zero-order valence-corrected chi connectivity index (χ0v) is 12.8. The smallest absolute Gasteiger partial charge is 0.193 e. The van der Waals surface area contributed by atoms with E-state index in [4.69, 9.17) is 9.47 Å². The minimum Gasteiger partial charge on any atom is -0.490 e. The molecular formula is C18H20O4. The van der Waals surface area contributed by atoms with Crippen LogP contribution in [0.2, 0.25) is 0 Å². The van der Waals surface area contributed by atoms with Gasteiger partial charge in [-0.1, -0.05) is 18.2 Å². The summed E-state index contributed by atoms with van der Waals surface area (Å²) in [5, 5.41) is 9.69. The molecule has 0 heterocycles. The number of ketones is 1. The Hall–Kier alpha value is -2.33. The first kappa shape index (κ1) is 16.0. The van der Waals surface area contributed by atoms with E-state index in [1.165, 1.54) is 13.8 Å². The quantitative estimate of drug-likeness (QED) is 0.630. The second kappa shape index (κ2) is 7.09. The standard InChI is InChI=1S/C18H20O4/c1-18(2,20)17(19)14-8-10-16(11-9-14)22-13-12-21-15-6-4-3-5-7-15/h3-11,20H,12-13H2,1-2H3. The van der Waals surface area contributed by atoms with Crippen molar-refractivity contribution in [1.29, 1.82) is 0 Å². The maximum absolute atomic E-state index is 11.9. The molecule has 0 saturated carbocycles. The first-order valence-electron chi connectivity index (χ1n) is 7.15. The Morgan fingerprint density at radius 1 is 0.909 bits per heavy atom. The maximum atomic E-state index is 11.9. The fourth-order valence-corrected chi connectivity index (χ4v) is 1.89. The molecule has 2 aromatic carbocycles. The number of hydrogen-bond donors (Lipinski definition) is 1. The van der Waals surface area contributed by atoms with Gasteiger partial charge in [0, 0.05) is 5.56 Å². The normalized spacial score (nSPS) is 11.0. The molecule has 22 heavy (non-hydrogen) atoms. The molecule has 0 bridgehead atoms. The van der Waals surface area contributed by atoms with Crippen molar-refractivity contribution in [2.45, 2.75) is 19.4 Å². The maximum Gasteiger partial charge on any atom is 0.193 e. The van der Waals surface area contributed by atoms with Gasteiger partial charge in [-0.2, -0.15) is 0 Å². The molecule has 0 saturated heterocycles. The van der Waals surface area contributed by atoms with E-state index < -0.39 is 5.60 Å². The van der Waals surface area contributed by atoms with Crippen LogP contribution in [0.3, 0.4) is 0 Å². The number of aliphatic hydroxyl groups is 1. The van der Waals surface area contributed by atoms with Gasteiger partial charge in [-0.15, -0.1) is 0 Å². The summed E-state index contributed by atoms with van der Waals surface area (Å²) in [6.45, 7) is 3.80. The van der Waals surface area contributed by atoms with Gasteiger partial charge in [-0.3, -0.25) is 4.79 Å². The first-order chi connectivity index (χ1) is 10.5. The summed E-state index contributed by atoms with van der Waals surface area (Å²) in [5.74, 6) is 1.15. The van der Waals surface area contributed by atoms with Gasteiger partial charge in [0.15, 0.2) is 5.78 Å². The van der Waals surface area contributed by atoms with Crippen molar-refractivity contribution in [3.05, 3.63) is 60.2 Å². The van der Waals surface area contributed by atoms with Crippen LogP contribution in [-0.4, -0.2) is 29.7 Å². The molecule has 0 aliphatic carbocycles. The third kappa shape index (κ3) is 4.60. The molecule has 0 aliphatic rings. The van der Waals surface area contributed by atoms with Crippen molar-refractivity contribution in [3.63, 3.8) is 0 Å². The Morgan fingerprint density at radius 3 is 1.91 bits per heavy atom. The number of carbonyl (C=O) groups excluding carboxylic acids is 1. The summed E-state index contributed by atoms with van der Waals surface area (Å²) in [6.07, 6.45) is 0. The van der Waals surface area contributed by atoms with Gasteiger partial charge in [-0.05, 0) is 50.2 Å². The van der Waals surface area contributed by atoms with Crippen molar-refractivity contribution in [1.82, 2.24) is 0 Å². The molecule has 0 spiro atoms. The van der Waals surface area contributed by atoms with E-state index >= 15 is 0 Å². The van der Waals surface area contributed by atoms with Gasteiger partial charge in [-0.25, -0.2) is 0 Å². The van der Waals surface area contributed by atoms with Crippen LogP contribution >= 0.6 is 0 Å². The Balaban J connectivity index is 1.81. The van der Waals surface area contributed by atoms with Crippen LogP contribution < -0.4 is 9.47 Å². The van der Waals surface area contributed by atoms with Gasteiger partial charge in [0.2, 0.25) is 0 Å². The van der Waals surface area contributed by atoms with Gasteiger partial charge in [0.25, 0.3) is 0 Å². The van der Waals surface area contributed by atoms with Crippen LogP contribution in [0.1, 0.15) is 24.2 Å². The summed E-state index contributed by atoms with van der Waals surface area (Å²) < 4.78 is 11.1. The van der Waals surface area contributed by atoms with Crippen molar-refractivity contribution in [3.8, 4) is 11.5 Å². The largest absolute Gasteiger partial charge is 0.490 e. The van der Waals surface area contributed by atoms with E-state index in [0.717, 1.165) is 5.75 Å². The Morgan fingerprint density at radius 2 is 1.41 bits per heavy atom. The van der Waals surface area contributed by atoms with Crippen LogP contribution in [0.15, 0.2) is 54.6 Å². The summed E-state index contributed by atoms with van der Waals surface area (Å²) in [6, 6.07) is 16.2. The highest BCUT2D eigenvalue weighted by atomic mass is 16.5. The van der Waals surface area contributed by atoms with E-state index in [-0.39, 0.29) is 5.78 Å². The molecule has 0 aromatic heterocycles. The predicted octanol–water partition coefficient (Wildman–Crippen LogP) is 3.10. The minimum absolute atomic E-state index is 0.313. The van der Waals surface area contributed by atoms with Crippen LogP contribution in [0, 0.1) is 0 Å². The molecule has 0 atom stereocenters. The Bertz CT molecular complexity index is 597. The molecule has 0 amide bonds. The zero-order chi connectivity index (χ0) is 16.0. The van der Waals surface area contributed by atoms with E-state index in [1.54, 1.807) is 24.3 Å². The molecule has 4 nitrogen and oxygen atoms in total. The lowest BCUT2D eigenvalue weighted by Crippen LogP contribution is -2.30. The number of benzene rings is 2. The van der Waals surface area contributed by atoms with Gasteiger partial charge in [0.05, 0.1) is 0 Å². The molecule has 0 aliphatic heterocycles. The van der Waals surface area contributed by atoms with Crippen LogP contribution in [0.4, 0.5) is 0 Å². The van der Waals surface area contributed by atoms with Gasteiger partial charge in [0.1, 0.15) is 30.3 Å². The number of carbonyl (C=O) groups is 1. The molecule has 2 aromatic rings. The third-order valence-corrected chi connectivity index (χ3v) is 3.04. The summed E-state index contributed by atoms with van der Waals surface area (Å²) in [5.41, 5.74) is -0.910. The van der Waals surface area contributed by atoms with Gasteiger partial charge < -0.3 is 14.6 Å². The van der Waals surface area contributed by atoms with Crippen molar-refractivity contribution in [2.24, 2.45) is 0 Å². The topological polar surface area (TPSA) is 55.8 Å². The second-order valence-corrected chi connectivity index (χ2v) is 5.42. The monoisotopic (exact) mass is 300 g/mol. The fraction of sp³-hybridized carbons (Fsp3) is 0.278. The van der Waals surface area contributed by atoms with Crippen LogP contribution in [0.25, 0.3) is 0 Å². The highest BCUT2D eigenvalue weighted by molar-refractivity contribution is 6.01. The SMILES string of the molecule is CC(C)(O)C(=O)c1ccc(OCCOc2ccccc2)cc1. The molecule has 4 heteroatoms. The van der Waals surface area contributed by atoms with Crippen molar-refractivity contribution < 1.29 is 19.4 Å². The Labute approximate surface area is 130 Å². The highest BCUT2D eigenvalue weighted by Crippen LogP contribution is 2.17. The molecule has 116 valence electrons. The Kier molecular flexibility index (Phi) is 5.17. The number of ether oxygens (including phenoxy) is 2. The third-order valence-electron chi connectivity index (χ3n) is 3.04. The lowest BCUT2D eigenvalue weighted by molar-refractivity contribution is 0.0488. The van der Waals surface area contributed by atoms with E-state index in [9.17, 15) is 9.90 Å². The summed E-state index contributed by atoms with van der Waals surface area (Å²) >= 11 is 0. The van der Waals surface area contributed by atoms with Crippen molar-refractivity contribution >= 4 is 5.78 Å². The molecule has 1 N–H and O–H groups in total. The van der Waals surface area contributed by atoms with Crippen LogP contribution in [-0.2, 0) is 0 Å². The second-order valence-electron chi connectivity index (χ2n) is 5.42. The summed E-state index contributed by atoms with van der Waals surface area (Å²) in [7, 11) is 0. The predicted molar refractivity (Wildman–Crippen MR) is 84.5 cm³/mol. The molecule has 0 fully saturated rings. The van der Waals surface area contributed by atoms with Gasteiger partial charge >= 0.3 is 0 Å². The number of rotatable bonds is 7. The summed E-state index contributed by atoms with van der Waals surface area (Å²) in [4.78, 5) is 11.9. The lowest BCUT2D eigenvalue weighted by Gasteiger charge is -2.15. The minimum atomic E-state index is -1.37. The first-order valence-corrected chi connectivity index (χ1v) is 7.15. The molecule has 2 rings (SSSR count). The van der Waals surface area contributed by atoms with E-state index in [0.29, 0.717) is 24.5 Å². The highest BCUT2D eigenvalue weighted by Gasteiger charge is 2.24. The molecule has 0 unspecified atom stereocenters. The van der Waals surface area contributed by atoms with E-state index in [2.05, 4.69) is 0 Å². The number of hydrogen-bond acceptors (Lipinski definition) is 4. The lowest BCUT2D eigenvalue weighted by atomic mass is 9.97. The fourth-order valence-electron chi connectivity index (χ4n) is 1.89. The van der Waals surface area contributed by atoms with Crippen LogP contribution in [0.5, 0.6) is 11.5 Å². The average Bonchev–Trinajstić information content (AvgIpc) is 2.52. The average molecular weight is 300 g/mol. The zero-order valence-electron chi connectivity index (χ0n) is 12.8. The van der Waals surface area contributed by atoms with E-state index in [1.807, 2.05) is 30.3 Å². The molecule has 0 radical (unpaired) electrons.